The molecule has 0 saturated carbocycles. The Morgan fingerprint density at radius 3 is 2.24 bits per heavy atom. The molecule has 3 heteroatoms. The molecule has 0 heterocycles. The van der Waals surface area contributed by atoms with Crippen LogP contribution in [-0.4, -0.2) is 43.8 Å². The van der Waals surface area contributed by atoms with Gasteiger partial charge in [-0.15, -0.1) is 0 Å². The lowest BCUT2D eigenvalue weighted by molar-refractivity contribution is 0.0632. The zero-order valence-corrected chi connectivity index (χ0v) is 12.6. The van der Waals surface area contributed by atoms with Crippen LogP contribution in [-0.2, 0) is 4.74 Å². The van der Waals surface area contributed by atoms with E-state index in [-0.39, 0.29) is 0 Å². The molecule has 0 rings (SSSR count). The highest BCUT2D eigenvalue weighted by Gasteiger charge is 2.15. The highest BCUT2D eigenvalue weighted by molar-refractivity contribution is 4.72. The zero-order valence-electron chi connectivity index (χ0n) is 12.6. The molecule has 0 radical (unpaired) electrons. The molecule has 0 spiro atoms. The number of rotatable bonds is 8. The molecule has 0 amide bonds. The highest BCUT2D eigenvalue weighted by Crippen LogP contribution is 2.20. The Morgan fingerprint density at radius 1 is 1.18 bits per heavy atom. The van der Waals surface area contributed by atoms with Gasteiger partial charge in [-0.05, 0) is 45.7 Å². The third-order valence-corrected chi connectivity index (χ3v) is 2.68. The predicted octanol–water partition coefficient (Wildman–Crippen LogP) is 2.50. The van der Waals surface area contributed by atoms with Crippen molar-refractivity contribution in [1.82, 2.24) is 4.90 Å². The normalized spacial score (nSPS) is 14.6. The second-order valence-corrected chi connectivity index (χ2v) is 6.54. The van der Waals surface area contributed by atoms with Crippen LogP contribution in [0.25, 0.3) is 0 Å². The van der Waals surface area contributed by atoms with Crippen LogP contribution in [0.5, 0.6) is 0 Å². The van der Waals surface area contributed by atoms with E-state index in [0.29, 0.717) is 17.6 Å². The zero-order chi connectivity index (χ0) is 13.5. The first-order chi connectivity index (χ1) is 7.70. The Morgan fingerprint density at radius 2 is 1.76 bits per heavy atom. The standard InChI is InChI=1S/C14H32N2O/c1-12(2)17-10-9-16(6)8-7-13(15)11-14(3,4)5/h12-13H,7-11,15H2,1-6H3. The molecule has 1 unspecified atom stereocenters. The summed E-state index contributed by atoms with van der Waals surface area (Å²) < 4.78 is 5.53. The molecule has 0 aliphatic rings. The van der Waals surface area contributed by atoms with Crippen molar-refractivity contribution in [3.63, 3.8) is 0 Å². The average Bonchev–Trinajstić information content (AvgIpc) is 2.11. The molecule has 3 nitrogen and oxygen atoms in total. The van der Waals surface area contributed by atoms with Crippen LogP contribution in [0, 0.1) is 5.41 Å². The predicted molar refractivity (Wildman–Crippen MR) is 75.2 cm³/mol. The number of hydrogen-bond acceptors (Lipinski definition) is 3. The fourth-order valence-corrected chi connectivity index (χ4v) is 1.83. The number of nitrogens with two attached hydrogens (primary N) is 1. The van der Waals surface area contributed by atoms with Crippen molar-refractivity contribution in [2.24, 2.45) is 11.1 Å². The Bertz CT molecular complexity index is 187. The molecule has 0 aromatic rings. The molecule has 2 N–H and O–H groups in total. The van der Waals surface area contributed by atoms with E-state index >= 15 is 0 Å². The molecular weight excluding hydrogens is 212 g/mol. The summed E-state index contributed by atoms with van der Waals surface area (Å²) in [5, 5.41) is 0. The van der Waals surface area contributed by atoms with E-state index in [4.69, 9.17) is 10.5 Å². The molecular formula is C14H32N2O. The number of hydrogen-bond donors (Lipinski definition) is 1. The van der Waals surface area contributed by atoms with Crippen LogP contribution in [0.2, 0.25) is 0 Å². The monoisotopic (exact) mass is 244 g/mol. The van der Waals surface area contributed by atoms with Crippen molar-refractivity contribution in [2.75, 3.05) is 26.7 Å². The van der Waals surface area contributed by atoms with E-state index in [9.17, 15) is 0 Å². The quantitative estimate of drug-likeness (QED) is 0.713. The summed E-state index contributed by atoms with van der Waals surface area (Å²) in [7, 11) is 2.13. The second-order valence-electron chi connectivity index (χ2n) is 6.54. The fourth-order valence-electron chi connectivity index (χ4n) is 1.83. The summed E-state index contributed by atoms with van der Waals surface area (Å²) in [6.45, 7) is 13.7. The summed E-state index contributed by atoms with van der Waals surface area (Å²) in [5.74, 6) is 0. The smallest absolute Gasteiger partial charge is 0.0596 e. The summed E-state index contributed by atoms with van der Waals surface area (Å²) in [6, 6.07) is 0.309. The van der Waals surface area contributed by atoms with Gasteiger partial charge in [0.25, 0.3) is 0 Å². The maximum absolute atomic E-state index is 6.13. The maximum atomic E-state index is 6.13. The van der Waals surface area contributed by atoms with E-state index in [0.717, 1.165) is 32.5 Å². The number of nitrogens with zero attached hydrogens (tertiary/aromatic N) is 1. The summed E-state index contributed by atoms with van der Waals surface area (Å²) in [4.78, 5) is 2.30. The average molecular weight is 244 g/mol. The largest absolute Gasteiger partial charge is 0.377 e. The highest BCUT2D eigenvalue weighted by atomic mass is 16.5. The summed E-state index contributed by atoms with van der Waals surface area (Å²) >= 11 is 0. The molecule has 17 heavy (non-hydrogen) atoms. The Labute approximate surface area is 108 Å². The van der Waals surface area contributed by atoms with Gasteiger partial charge < -0.3 is 15.4 Å². The molecule has 0 aromatic carbocycles. The molecule has 0 bridgehead atoms. The van der Waals surface area contributed by atoms with Gasteiger partial charge in [-0.3, -0.25) is 0 Å². The van der Waals surface area contributed by atoms with Crippen LogP contribution in [0.4, 0.5) is 0 Å². The van der Waals surface area contributed by atoms with Gasteiger partial charge in [-0.1, -0.05) is 20.8 Å². The van der Waals surface area contributed by atoms with E-state index in [2.05, 4.69) is 46.6 Å². The lowest BCUT2D eigenvalue weighted by atomic mass is 9.87. The first kappa shape index (κ1) is 16.9. The first-order valence-corrected chi connectivity index (χ1v) is 6.76. The van der Waals surface area contributed by atoms with Crippen LogP contribution < -0.4 is 5.73 Å². The van der Waals surface area contributed by atoms with E-state index in [1.54, 1.807) is 0 Å². The van der Waals surface area contributed by atoms with Gasteiger partial charge in [-0.25, -0.2) is 0 Å². The van der Waals surface area contributed by atoms with Gasteiger partial charge in [-0.2, -0.15) is 0 Å². The first-order valence-electron chi connectivity index (χ1n) is 6.76. The van der Waals surface area contributed by atoms with E-state index in [1.165, 1.54) is 0 Å². The Hall–Kier alpha value is -0.120. The number of likely N-dealkylation sites (N-methyl/N-ethyl adjacent to an activating group) is 1. The third-order valence-electron chi connectivity index (χ3n) is 2.68. The molecule has 0 fully saturated rings. The van der Waals surface area contributed by atoms with Crippen molar-refractivity contribution < 1.29 is 4.74 Å². The van der Waals surface area contributed by atoms with Gasteiger partial charge in [0.15, 0.2) is 0 Å². The molecule has 104 valence electrons. The topological polar surface area (TPSA) is 38.5 Å². The Kier molecular flexibility index (Phi) is 8.01. The summed E-state index contributed by atoms with van der Waals surface area (Å²) in [6.07, 6.45) is 2.48. The Balaban J connectivity index is 3.59. The van der Waals surface area contributed by atoms with Crippen LogP contribution in [0.1, 0.15) is 47.5 Å². The molecule has 1 atom stereocenters. The SMILES string of the molecule is CC(C)OCCN(C)CCC(N)CC(C)(C)C. The van der Waals surface area contributed by atoms with Crippen LogP contribution in [0.15, 0.2) is 0 Å². The van der Waals surface area contributed by atoms with Crippen molar-refractivity contribution in [3.05, 3.63) is 0 Å². The van der Waals surface area contributed by atoms with Gasteiger partial charge >= 0.3 is 0 Å². The maximum Gasteiger partial charge on any atom is 0.0596 e. The lowest BCUT2D eigenvalue weighted by Crippen LogP contribution is -2.32. The second kappa shape index (κ2) is 8.06. The summed E-state index contributed by atoms with van der Waals surface area (Å²) in [5.41, 5.74) is 6.46. The van der Waals surface area contributed by atoms with Gasteiger partial charge in [0.2, 0.25) is 0 Å². The van der Waals surface area contributed by atoms with E-state index < -0.39 is 0 Å². The van der Waals surface area contributed by atoms with E-state index in [1.807, 2.05) is 0 Å². The van der Waals surface area contributed by atoms with Gasteiger partial charge in [0.1, 0.15) is 0 Å². The molecule has 0 saturated heterocycles. The molecule has 0 aromatic heterocycles. The lowest BCUT2D eigenvalue weighted by Gasteiger charge is -2.25. The minimum absolute atomic E-state index is 0.309. The van der Waals surface area contributed by atoms with Crippen LogP contribution in [0.3, 0.4) is 0 Å². The van der Waals surface area contributed by atoms with Gasteiger partial charge in [0.05, 0.1) is 12.7 Å². The third kappa shape index (κ3) is 12.1. The molecule has 0 aliphatic heterocycles. The van der Waals surface area contributed by atoms with Crippen molar-refractivity contribution in [2.45, 2.75) is 59.6 Å². The van der Waals surface area contributed by atoms with Crippen molar-refractivity contribution in [3.8, 4) is 0 Å². The van der Waals surface area contributed by atoms with Crippen molar-refractivity contribution in [1.29, 1.82) is 0 Å². The van der Waals surface area contributed by atoms with Crippen molar-refractivity contribution >= 4 is 0 Å². The van der Waals surface area contributed by atoms with Crippen LogP contribution >= 0.6 is 0 Å². The molecule has 0 aliphatic carbocycles. The number of ether oxygens (including phenoxy) is 1. The minimum atomic E-state index is 0.309. The van der Waals surface area contributed by atoms with Gasteiger partial charge in [0, 0.05) is 12.6 Å². The fraction of sp³-hybridized carbons (Fsp3) is 1.00. The minimum Gasteiger partial charge on any atom is -0.377 e.